The van der Waals surface area contributed by atoms with E-state index in [1.807, 2.05) is 48.0 Å². The molecule has 0 fully saturated rings. The molecule has 3 amide bonds. The topological polar surface area (TPSA) is 76.0 Å². The molecule has 0 saturated heterocycles. The second-order valence-electron chi connectivity index (χ2n) is 5.92. The molecule has 1 atom stereocenters. The first-order valence-corrected chi connectivity index (χ1v) is 9.33. The highest BCUT2D eigenvalue weighted by Gasteiger charge is 2.20. The van der Waals surface area contributed by atoms with Crippen molar-refractivity contribution in [1.82, 2.24) is 14.9 Å². The molecule has 3 aromatic rings. The van der Waals surface area contributed by atoms with E-state index in [4.69, 9.17) is 0 Å². The molecule has 1 unspecified atom stereocenters. The van der Waals surface area contributed by atoms with E-state index in [0.717, 1.165) is 11.3 Å². The number of aromatic nitrogens is 2. The molecular formula is C20H20N4O2S. The fraction of sp³-hybridized carbons (Fsp3) is 0.150. The quantitative estimate of drug-likeness (QED) is 0.658. The Balaban J connectivity index is 1.60. The minimum atomic E-state index is -0.552. The van der Waals surface area contributed by atoms with E-state index in [1.165, 1.54) is 11.8 Å². The van der Waals surface area contributed by atoms with Gasteiger partial charge in [-0.05, 0) is 24.6 Å². The maximum absolute atomic E-state index is 12.3. The number of rotatable bonds is 5. The number of urea groups is 1. The van der Waals surface area contributed by atoms with E-state index in [-0.39, 0.29) is 5.91 Å². The summed E-state index contributed by atoms with van der Waals surface area (Å²) in [5.41, 5.74) is 2.64. The van der Waals surface area contributed by atoms with Crippen molar-refractivity contribution in [2.75, 3.05) is 5.32 Å². The van der Waals surface area contributed by atoms with E-state index in [1.54, 1.807) is 37.4 Å². The first-order valence-electron chi connectivity index (χ1n) is 8.45. The van der Waals surface area contributed by atoms with E-state index >= 15 is 0 Å². The number of anilines is 1. The third kappa shape index (κ3) is 4.77. The average molecular weight is 380 g/mol. The predicted molar refractivity (Wildman–Crippen MR) is 108 cm³/mol. The van der Waals surface area contributed by atoms with Crippen LogP contribution in [0.4, 0.5) is 10.5 Å². The second-order valence-corrected chi connectivity index (χ2v) is 7.23. The molecule has 2 N–H and O–H groups in total. The number of imide groups is 1. The van der Waals surface area contributed by atoms with E-state index < -0.39 is 11.3 Å². The number of amides is 3. The van der Waals surface area contributed by atoms with Gasteiger partial charge in [0, 0.05) is 12.7 Å². The lowest BCUT2D eigenvalue weighted by Gasteiger charge is -2.12. The number of para-hydroxylation sites is 1. The van der Waals surface area contributed by atoms with E-state index in [9.17, 15) is 9.59 Å². The van der Waals surface area contributed by atoms with Gasteiger partial charge < -0.3 is 9.88 Å². The normalized spacial score (nSPS) is 11.6. The molecular weight excluding hydrogens is 360 g/mol. The number of hydrogen-bond acceptors (Lipinski definition) is 4. The molecule has 7 heteroatoms. The van der Waals surface area contributed by atoms with Gasteiger partial charge in [-0.25, -0.2) is 9.78 Å². The van der Waals surface area contributed by atoms with Crippen molar-refractivity contribution in [1.29, 1.82) is 0 Å². The second kappa shape index (κ2) is 8.55. The SMILES string of the molecule is CC(Sc1ncc(-c2ccccc2)n1C)C(=O)NC(=O)Nc1ccccc1. The van der Waals surface area contributed by atoms with Gasteiger partial charge in [0.05, 0.1) is 17.1 Å². The third-order valence-corrected chi connectivity index (χ3v) is 5.09. The molecule has 0 aliphatic heterocycles. The minimum absolute atomic E-state index is 0.377. The lowest BCUT2D eigenvalue weighted by molar-refractivity contribution is -0.119. The maximum Gasteiger partial charge on any atom is 0.325 e. The Labute approximate surface area is 162 Å². The fourth-order valence-electron chi connectivity index (χ4n) is 2.49. The number of nitrogens with one attached hydrogen (secondary N) is 2. The van der Waals surface area contributed by atoms with Crippen LogP contribution in [0.2, 0.25) is 0 Å². The van der Waals surface area contributed by atoms with Crippen LogP contribution < -0.4 is 10.6 Å². The van der Waals surface area contributed by atoms with Crippen molar-refractivity contribution >= 4 is 29.4 Å². The predicted octanol–water partition coefficient (Wildman–Crippen LogP) is 3.92. The zero-order valence-electron chi connectivity index (χ0n) is 15.0. The first kappa shape index (κ1) is 18.7. The molecule has 2 aromatic carbocycles. The van der Waals surface area contributed by atoms with Crippen molar-refractivity contribution in [2.24, 2.45) is 7.05 Å². The largest absolute Gasteiger partial charge is 0.325 e. The number of nitrogens with zero attached hydrogens (tertiary/aromatic N) is 2. The summed E-state index contributed by atoms with van der Waals surface area (Å²) in [6, 6.07) is 18.3. The van der Waals surface area contributed by atoms with Crippen LogP contribution in [0, 0.1) is 0 Å². The van der Waals surface area contributed by atoms with Crippen molar-refractivity contribution < 1.29 is 9.59 Å². The molecule has 0 saturated carbocycles. The molecule has 0 aliphatic carbocycles. The summed E-state index contributed by atoms with van der Waals surface area (Å²) < 4.78 is 1.94. The molecule has 1 heterocycles. The van der Waals surface area contributed by atoms with Crippen molar-refractivity contribution in [3.05, 3.63) is 66.9 Å². The van der Waals surface area contributed by atoms with Gasteiger partial charge in [-0.1, -0.05) is 60.3 Å². The first-order chi connectivity index (χ1) is 13.0. The van der Waals surface area contributed by atoms with Crippen LogP contribution in [-0.4, -0.2) is 26.7 Å². The molecule has 3 rings (SSSR count). The summed E-state index contributed by atoms with van der Waals surface area (Å²) in [6.45, 7) is 1.74. The Morgan fingerprint density at radius 1 is 1.04 bits per heavy atom. The summed E-state index contributed by atoms with van der Waals surface area (Å²) in [7, 11) is 1.91. The van der Waals surface area contributed by atoms with Crippen LogP contribution in [-0.2, 0) is 11.8 Å². The lowest BCUT2D eigenvalue weighted by Crippen LogP contribution is -2.38. The van der Waals surface area contributed by atoms with Gasteiger partial charge in [-0.3, -0.25) is 10.1 Å². The number of imidazole rings is 1. The van der Waals surface area contributed by atoms with Crippen LogP contribution >= 0.6 is 11.8 Å². The summed E-state index contributed by atoms with van der Waals surface area (Å²) in [5.74, 6) is -0.377. The Morgan fingerprint density at radius 3 is 2.33 bits per heavy atom. The standard InChI is InChI=1S/C20H20N4O2S/c1-14(18(25)23-19(26)22-16-11-7-4-8-12-16)27-20-21-13-17(24(20)2)15-9-5-3-6-10-15/h3-14H,1-2H3,(H2,22,23,25,26). The number of carbonyl (C=O) groups is 2. The van der Waals surface area contributed by atoms with Gasteiger partial charge in [0.2, 0.25) is 5.91 Å². The van der Waals surface area contributed by atoms with Gasteiger partial charge in [-0.15, -0.1) is 0 Å². The van der Waals surface area contributed by atoms with Gasteiger partial charge in [0.15, 0.2) is 5.16 Å². The van der Waals surface area contributed by atoms with Crippen LogP contribution in [0.25, 0.3) is 11.3 Å². The van der Waals surface area contributed by atoms with Gasteiger partial charge in [-0.2, -0.15) is 0 Å². The van der Waals surface area contributed by atoms with E-state index in [0.29, 0.717) is 10.8 Å². The molecule has 1 aromatic heterocycles. The zero-order valence-corrected chi connectivity index (χ0v) is 15.9. The van der Waals surface area contributed by atoms with Crippen LogP contribution in [0.15, 0.2) is 72.0 Å². The molecule has 0 radical (unpaired) electrons. The zero-order chi connectivity index (χ0) is 19.2. The van der Waals surface area contributed by atoms with Gasteiger partial charge in [0.1, 0.15) is 0 Å². The molecule has 0 bridgehead atoms. The maximum atomic E-state index is 12.3. The Morgan fingerprint density at radius 2 is 1.67 bits per heavy atom. The Bertz CT molecular complexity index is 926. The fourth-order valence-corrected chi connectivity index (χ4v) is 3.34. The van der Waals surface area contributed by atoms with Crippen molar-refractivity contribution in [2.45, 2.75) is 17.3 Å². The number of benzene rings is 2. The summed E-state index contributed by atoms with van der Waals surface area (Å²) in [4.78, 5) is 28.7. The van der Waals surface area contributed by atoms with Crippen LogP contribution in [0.1, 0.15) is 6.92 Å². The third-order valence-electron chi connectivity index (χ3n) is 3.93. The Hall–Kier alpha value is -3.06. The number of carbonyl (C=O) groups excluding carboxylic acids is 2. The molecule has 138 valence electrons. The summed E-state index contributed by atoms with van der Waals surface area (Å²) >= 11 is 1.30. The molecule has 6 nitrogen and oxygen atoms in total. The van der Waals surface area contributed by atoms with Gasteiger partial charge in [0.25, 0.3) is 0 Å². The van der Waals surface area contributed by atoms with Crippen LogP contribution in [0.5, 0.6) is 0 Å². The number of hydrogen-bond donors (Lipinski definition) is 2. The molecule has 0 aliphatic rings. The number of thioether (sulfide) groups is 1. The highest BCUT2D eigenvalue weighted by Crippen LogP contribution is 2.27. The van der Waals surface area contributed by atoms with Crippen molar-refractivity contribution in [3.8, 4) is 11.3 Å². The highest BCUT2D eigenvalue weighted by atomic mass is 32.2. The summed E-state index contributed by atoms with van der Waals surface area (Å²) in [5, 5.41) is 5.22. The monoisotopic (exact) mass is 380 g/mol. The highest BCUT2D eigenvalue weighted by molar-refractivity contribution is 8.00. The van der Waals surface area contributed by atoms with Crippen molar-refractivity contribution in [3.63, 3.8) is 0 Å². The summed E-state index contributed by atoms with van der Waals surface area (Å²) in [6.07, 6.45) is 1.78. The van der Waals surface area contributed by atoms with Gasteiger partial charge >= 0.3 is 6.03 Å². The van der Waals surface area contributed by atoms with Crippen LogP contribution in [0.3, 0.4) is 0 Å². The van der Waals surface area contributed by atoms with E-state index in [2.05, 4.69) is 15.6 Å². The lowest BCUT2D eigenvalue weighted by atomic mass is 10.2. The molecule has 0 spiro atoms. The molecule has 27 heavy (non-hydrogen) atoms. The smallest absolute Gasteiger partial charge is 0.322 e. The average Bonchev–Trinajstić information content (AvgIpc) is 3.03. The minimum Gasteiger partial charge on any atom is -0.322 e. The Kier molecular flexibility index (Phi) is 5.93.